The highest BCUT2D eigenvalue weighted by atomic mass is 16.5. The molecule has 1 aromatic rings. The van der Waals surface area contributed by atoms with Gasteiger partial charge in [0.05, 0.1) is 7.11 Å². The molecular weight excluding hydrogens is 322 g/mol. The number of methoxy groups -OCH3 is 1. The number of aliphatic carboxylic acids is 1. The van der Waals surface area contributed by atoms with Gasteiger partial charge in [-0.3, -0.25) is 4.79 Å². The number of carbonyl (C=O) groups is 2. The zero-order valence-electron chi connectivity index (χ0n) is 14.5. The van der Waals surface area contributed by atoms with Crippen LogP contribution in [0.5, 0.6) is 5.75 Å². The summed E-state index contributed by atoms with van der Waals surface area (Å²) in [5.41, 5.74) is 1.29. The smallest absolute Gasteiger partial charge is 0.332 e. The molecule has 2 aliphatic heterocycles. The van der Waals surface area contributed by atoms with Crippen molar-refractivity contribution in [3.8, 4) is 5.75 Å². The number of benzene rings is 1. The minimum atomic E-state index is -0.978. The summed E-state index contributed by atoms with van der Waals surface area (Å²) in [6, 6.07) is 8.14. The van der Waals surface area contributed by atoms with E-state index in [2.05, 4.69) is 12.1 Å². The first-order chi connectivity index (χ1) is 12.1. The fourth-order valence-electron chi connectivity index (χ4n) is 3.66. The lowest BCUT2D eigenvalue weighted by Crippen LogP contribution is -2.44. The number of carbonyl (C=O) groups excluding carboxylic acids is 1. The molecule has 6 heteroatoms. The molecule has 0 saturated carbocycles. The Balaban J connectivity index is 1.46. The molecule has 25 heavy (non-hydrogen) atoms. The second-order valence-electron chi connectivity index (χ2n) is 6.85. The van der Waals surface area contributed by atoms with Gasteiger partial charge in [-0.05, 0) is 55.7 Å². The van der Waals surface area contributed by atoms with Crippen molar-refractivity contribution in [1.82, 2.24) is 4.90 Å². The van der Waals surface area contributed by atoms with Crippen molar-refractivity contribution in [3.63, 3.8) is 0 Å². The highest BCUT2D eigenvalue weighted by Gasteiger charge is 2.37. The van der Waals surface area contributed by atoms with Crippen molar-refractivity contribution in [1.29, 1.82) is 0 Å². The van der Waals surface area contributed by atoms with Crippen LogP contribution in [-0.4, -0.2) is 54.3 Å². The molecule has 2 fully saturated rings. The average molecular weight is 347 g/mol. The van der Waals surface area contributed by atoms with Gasteiger partial charge in [-0.25, -0.2) is 4.79 Å². The van der Waals surface area contributed by atoms with E-state index >= 15 is 0 Å². The Hall–Kier alpha value is -2.08. The summed E-state index contributed by atoms with van der Waals surface area (Å²) >= 11 is 0. The van der Waals surface area contributed by atoms with Crippen LogP contribution >= 0.6 is 0 Å². The molecule has 2 atom stereocenters. The minimum absolute atomic E-state index is 0.0494. The number of ether oxygens (including phenoxy) is 2. The molecule has 0 aromatic heterocycles. The predicted molar refractivity (Wildman–Crippen MR) is 91.5 cm³/mol. The number of amides is 1. The summed E-state index contributed by atoms with van der Waals surface area (Å²) in [5, 5.41) is 8.97. The maximum absolute atomic E-state index is 12.5. The van der Waals surface area contributed by atoms with E-state index in [1.807, 2.05) is 17.0 Å². The van der Waals surface area contributed by atoms with Crippen LogP contribution in [0.2, 0.25) is 0 Å². The molecule has 3 rings (SSSR count). The molecule has 0 radical (unpaired) electrons. The Kier molecular flexibility index (Phi) is 5.58. The number of carboxylic acids is 1. The molecule has 0 unspecified atom stereocenters. The quantitative estimate of drug-likeness (QED) is 0.883. The third kappa shape index (κ3) is 4.31. The van der Waals surface area contributed by atoms with Gasteiger partial charge < -0.3 is 19.5 Å². The predicted octanol–water partition coefficient (Wildman–Crippen LogP) is 2.11. The summed E-state index contributed by atoms with van der Waals surface area (Å²) in [5.74, 6) is 0.397. The van der Waals surface area contributed by atoms with Crippen molar-refractivity contribution >= 4 is 11.9 Å². The van der Waals surface area contributed by atoms with Crippen LogP contribution in [0.1, 0.15) is 31.2 Å². The molecule has 1 N–H and O–H groups in total. The van der Waals surface area contributed by atoms with E-state index in [0.29, 0.717) is 18.8 Å². The molecule has 1 aromatic carbocycles. The zero-order chi connectivity index (χ0) is 17.8. The largest absolute Gasteiger partial charge is 0.497 e. The van der Waals surface area contributed by atoms with Gasteiger partial charge in [0.1, 0.15) is 11.9 Å². The summed E-state index contributed by atoms with van der Waals surface area (Å²) < 4.78 is 10.6. The van der Waals surface area contributed by atoms with Gasteiger partial charge in [-0.1, -0.05) is 12.1 Å². The van der Waals surface area contributed by atoms with E-state index < -0.39 is 18.2 Å². The lowest BCUT2D eigenvalue weighted by atomic mass is 9.90. The van der Waals surface area contributed by atoms with Crippen LogP contribution in [0.25, 0.3) is 0 Å². The topological polar surface area (TPSA) is 76.1 Å². The van der Waals surface area contributed by atoms with Crippen molar-refractivity contribution in [2.24, 2.45) is 5.92 Å². The Morgan fingerprint density at radius 3 is 2.32 bits per heavy atom. The van der Waals surface area contributed by atoms with Crippen LogP contribution in [0.3, 0.4) is 0 Å². The van der Waals surface area contributed by atoms with E-state index in [1.54, 1.807) is 7.11 Å². The lowest BCUT2D eigenvalue weighted by Gasteiger charge is -2.33. The standard InChI is InChI=1S/C19H25NO5/c1-24-15-4-2-13(3-5-15)12-14-8-10-20(11-9-14)18(21)16-6-7-17(25-16)19(22)23/h2-5,14,16-17H,6-12H2,1H3,(H,22,23)/t16-,17+/m0/s1. The summed E-state index contributed by atoms with van der Waals surface area (Å²) in [4.78, 5) is 25.3. The molecule has 136 valence electrons. The number of piperidine rings is 1. The van der Waals surface area contributed by atoms with Crippen LogP contribution in [0.4, 0.5) is 0 Å². The molecule has 2 heterocycles. The van der Waals surface area contributed by atoms with E-state index in [1.165, 1.54) is 5.56 Å². The SMILES string of the molecule is COc1ccc(CC2CCN(C(=O)[C@@H]3CC[C@H](C(=O)O)O3)CC2)cc1. The molecule has 6 nitrogen and oxygen atoms in total. The van der Waals surface area contributed by atoms with Gasteiger partial charge in [-0.15, -0.1) is 0 Å². The van der Waals surface area contributed by atoms with E-state index in [9.17, 15) is 9.59 Å². The van der Waals surface area contributed by atoms with Crippen LogP contribution in [0.15, 0.2) is 24.3 Å². The Morgan fingerprint density at radius 2 is 1.76 bits per heavy atom. The molecule has 0 spiro atoms. The maximum Gasteiger partial charge on any atom is 0.332 e. The molecule has 0 bridgehead atoms. The number of hydrogen-bond acceptors (Lipinski definition) is 4. The molecule has 2 saturated heterocycles. The van der Waals surface area contributed by atoms with E-state index in [0.717, 1.165) is 38.1 Å². The first-order valence-electron chi connectivity index (χ1n) is 8.87. The fourth-order valence-corrected chi connectivity index (χ4v) is 3.66. The van der Waals surface area contributed by atoms with Gasteiger partial charge in [0.25, 0.3) is 5.91 Å². The highest BCUT2D eigenvalue weighted by molar-refractivity contribution is 5.82. The number of likely N-dealkylation sites (tertiary alicyclic amines) is 1. The first kappa shape index (κ1) is 17.7. The highest BCUT2D eigenvalue weighted by Crippen LogP contribution is 2.26. The fraction of sp³-hybridized carbons (Fsp3) is 0.579. The van der Waals surface area contributed by atoms with Crippen LogP contribution in [-0.2, 0) is 20.7 Å². The number of hydrogen-bond donors (Lipinski definition) is 1. The third-order valence-corrected chi connectivity index (χ3v) is 5.18. The second kappa shape index (κ2) is 7.87. The summed E-state index contributed by atoms with van der Waals surface area (Å²) in [7, 11) is 1.66. The van der Waals surface area contributed by atoms with Crippen LogP contribution < -0.4 is 4.74 Å². The minimum Gasteiger partial charge on any atom is -0.497 e. The second-order valence-corrected chi connectivity index (χ2v) is 6.85. The van der Waals surface area contributed by atoms with Crippen molar-refractivity contribution in [3.05, 3.63) is 29.8 Å². The molecule has 0 aliphatic carbocycles. The zero-order valence-corrected chi connectivity index (χ0v) is 14.5. The number of carboxylic acid groups (broad SMARTS) is 1. The Labute approximate surface area is 147 Å². The number of nitrogens with zero attached hydrogens (tertiary/aromatic N) is 1. The maximum atomic E-state index is 12.5. The van der Waals surface area contributed by atoms with Gasteiger partial charge >= 0.3 is 5.97 Å². The Morgan fingerprint density at radius 1 is 1.12 bits per heavy atom. The Bertz CT molecular complexity index is 607. The van der Waals surface area contributed by atoms with Crippen molar-refractivity contribution in [2.75, 3.05) is 20.2 Å². The molecule has 2 aliphatic rings. The summed E-state index contributed by atoms with van der Waals surface area (Å²) in [6.45, 7) is 1.44. The average Bonchev–Trinajstić information content (AvgIpc) is 3.13. The monoisotopic (exact) mass is 347 g/mol. The first-order valence-corrected chi connectivity index (χ1v) is 8.87. The van der Waals surface area contributed by atoms with Crippen molar-refractivity contribution < 1.29 is 24.2 Å². The van der Waals surface area contributed by atoms with Crippen molar-refractivity contribution in [2.45, 2.75) is 44.3 Å². The van der Waals surface area contributed by atoms with Gasteiger partial charge in [0.2, 0.25) is 0 Å². The normalized spacial score (nSPS) is 24.3. The van der Waals surface area contributed by atoms with Gasteiger partial charge in [0.15, 0.2) is 6.10 Å². The molecule has 1 amide bonds. The van der Waals surface area contributed by atoms with Crippen LogP contribution in [0, 0.1) is 5.92 Å². The lowest BCUT2D eigenvalue weighted by molar-refractivity contribution is -0.155. The molecular formula is C19H25NO5. The van der Waals surface area contributed by atoms with E-state index in [4.69, 9.17) is 14.6 Å². The number of rotatable bonds is 5. The van der Waals surface area contributed by atoms with Gasteiger partial charge in [0, 0.05) is 13.1 Å². The third-order valence-electron chi connectivity index (χ3n) is 5.18. The van der Waals surface area contributed by atoms with Gasteiger partial charge in [-0.2, -0.15) is 0 Å². The van der Waals surface area contributed by atoms with E-state index in [-0.39, 0.29) is 5.91 Å². The summed E-state index contributed by atoms with van der Waals surface area (Å²) in [6.07, 6.45) is 2.44.